The van der Waals surface area contributed by atoms with Crippen molar-refractivity contribution in [2.75, 3.05) is 72.7 Å². The van der Waals surface area contributed by atoms with E-state index < -0.39 is 15.6 Å². The van der Waals surface area contributed by atoms with Crippen LogP contribution in [0.15, 0.2) is 55.1 Å². The van der Waals surface area contributed by atoms with Gasteiger partial charge in [0.25, 0.3) is 12.0 Å². The molecule has 0 radical (unpaired) electrons. The molecule has 0 atom stereocenters. The zero-order valence-electron chi connectivity index (χ0n) is 30.7. The van der Waals surface area contributed by atoms with E-state index in [4.69, 9.17) is 24.7 Å². The highest BCUT2D eigenvalue weighted by Gasteiger charge is 2.47. The number of nitrogens with two attached hydrogens (primary N) is 1. The summed E-state index contributed by atoms with van der Waals surface area (Å²) >= 11 is 6.64. The third-order valence-electron chi connectivity index (χ3n) is 9.67. The molecule has 3 N–H and O–H groups in total. The minimum Gasteiger partial charge on any atom is -0.484 e. The molecule has 58 heavy (non-hydrogen) atoms. The van der Waals surface area contributed by atoms with Crippen LogP contribution < -0.4 is 21.3 Å². The van der Waals surface area contributed by atoms with Gasteiger partial charge in [-0.3, -0.25) is 28.1 Å². The number of hydrogen-bond donors (Lipinski definition) is 2. The minimum absolute atomic E-state index is 0. The van der Waals surface area contributed by atoms with E-state index in [-0.39, 0.29) is 29.7 Å². The van der Waals surface area contributed by atoms with Crippen molar-refractivity contribution >= 4 is 76.8 Å². The van der Waals surface area contributed by atoms with Gasteiger partial charge < -0.3 is 34.7 Å². The highest BCUT2D eigenvalue weighted by molar-refractivity contribution is 9.10. The molecule has 4 fully saturated rings. The van der Waals surface area contributed by atoms with E-state index in [0.29, 0.717) is 42.2 Å². The van der Waals surface area contributed by atoms with Gasteiger partial charge in [-0.15, -0.1) is 0 Å². The SMILES string of the molecule is C.COC1=NCC2(COC2)C1.COS(=O)(=O)C(F)(F)F.Nc1cc(Br)ccc1OC=O.O=C1CC2(CN1)COC2.O=c1c2ccc(Br)cc2nc2n1CC1(COC1)C2. The van der Waals surface area contributed by atoms with Gasteiger partial charge in [-0.2, -0.15) is 21.6 Å². The second kappa shape index (κ2) is 19.1. The third-order valence-corrected chi connectivity index (χ3v) is 11.7. The largest absolute Gasteiger partial charge is 0.523 e. The molecule has 0 bridgehead atoms. The molecule has 9 rings (SSSR count). The number of nitrogens with one attached hydrogen (secondary N) is 1. The van der Waals surface area contributed by atoms with E-state index >= 15 is 0 Å². The van der Waals surface area contributed by atoms with E-state index in [1.807, 2.05) is 22.8 Å². The van der Waals surface area contributed by atoms with Crippen molar-refractivity contribution in [2.24, 2.45) is 21.2 Å². The lowest BCUT2D eigenvalue weighted by Crippen LogP contribution is -2.44. The standard InChI is InChI=1S/C13H11BrN2O2.C7H6BrNO2.C7H11NO2.C6H9NO2.C2H3F3O3S.CH4/c14-8-1-2-9-10(3-8)15-11-4-13(6-18-7-13)5-16(11)12(9)17;8-5-1-2-7(11-4-10)6(9)3-5;1-9-6-2-7(3-8-6)4-10-5-7;8-5-1-6(2-7-5)3-9-4-6;1-8-9(6,7)2(3,4)5;/h1-3H,4-7H2;1-4H,9H2;2-5H2,1H3;1-4H2,(H,7,8);1H3;1H4. The molecule has 1 amide bonds. The summed E-state index contributed by atoms with van der Waals surface area (Å²) in [4.78, 5) is 41.9. The van der Waals surface area contributed by atoms with Crippen LogP contribution in [0.1, 0.15) is 26.1 Å². The van der Waals surface area contributed by atoms with Crippen LogP contribution in [0.4, 0.5) is 18.9 Å². The maximum absolute atomic E-state index is 12.4. The number of aliphatic imine (C=N–C) groups is 1. The number of aromatic nitrogens is 2. The number of ether oxygens (including phenoxy) is 5. The summed E-state index contributed by atoms with van der Waals surface area (Å²) in [5, 5.41) is 3.49. The molecule has 3 aromatic rings. The topological polar surface area (TPSA) is 209 Å². The zero-order valence-corrected chi connectivity index (χ0v) is 34.7. The number of carbonyl (C=O) groups excluding carboxylic acids is 2. The molecule has 6 aliphatic rings. The molecule has 4 saturated heterocycles. The molecule has 0 unspecified atom stereocenters. The summed E-state index contributed by atoms with van der Waals surface area (Å²) in [7, 11) is -3.21. The molecule has 6 aliphatic heterocycles. The predicted octanol–water partition coefficient (Wildman–Crippen LogP) is 4.39. The van der Waals surface area contributed by atoms with E-state index in [9.17, 15) is 36.0 Å². The van der Waals surface area contributed by atoms with Gasteiger partial charge in [0.05, 0.1) is 77.0 Å². The summed E-state index contributed by atoms with van der Waals surface area (Å²) in [5.41, 5.74) is 2.15. The van der Waals surface area contributed by atoms with Crippen molar-refractivity contribution in [2.45, 2.75) is 38.7 Å². The first kappa shape index (κ1) is 47.0. The van der Waals surface area contributed by atoms with Crippen LogP contribution in [0.3, 0.4) is 0 Å². The number of benzene rings is 2. The van der Waals surface area contributed by atoms with Gasteiger partial charge in [-0.1, -0.05) is 39.3 Å². The summed E-state index contributed by atoms with van der Waals surface area (Å²) in [6.45, 7) is 7.58. The van der Waals surface area contributed by atoms with Crippen molar-refractivity contribution in [3.63, 3.8) is 0 Å². The van der Waals surface area contributed by atoms with Gasteiger partial charge in [-0.05, 0) is 36.4 Å². The molecule has 3 spiro atoms. The summed E-state index contributed by atoms with van der Waals surface area (Å²) in [5.74, 6) is 2.35. The van der Waals surface area contributed by atoms with Crippen LogP contribution in [0.5, 0.6) is 5.75 Å². The first-order chi connectivity index (χ1) is 26.9. The zero-order chi connectivity index (χ0) is 41.6. The summed E-state index contributed by atoms with van der Waals surface area (Å²) in [6, 6.07) is 10.7. The number of fused-ring (bicyclic) bond motifs is 2. The van der Waals surface area contributed by atoms with Gasteiger partial charge in [0.1, 0.15) is 5.82 Å². The van der Waals surface area contributed by atoms with E-state index in [1.165, 1.54) is 0 Å². The van der Waals surface area contributed by atoms with Crippen molar-refractivity contribution in [3.8, 4) is 5.75 Å². The van der Waals surface area contributed by atoms with Gasteiger partial charge in [0.2, 0.25) is 5.91 Å². The fourth-order valence-electron chi connectivity index (χ4n) is 6.38. The Bertz CT molecular complexity index is 2160. The number of alkyl halides is 3. The number of methoxy groups -OCH3 is 1. The number of nitrogen functional groups attached to an aromatic ring is 1. The van der Waals surface area contributed by atoms with Gasteiger partial charge in [-0.25, -0.2) is 4.98 Å². The molecule has 7 heterocycles. The second-order valence-corrected chi connectivity index (χ2v) is 17.8. The number of nitrogens with zero attached hydrogens (tertiary/aromatic N) is 3. The Labute approximate surface area is 349 Å². The average molecular weight is 972 g/mol. The molecule has 1 aromatic heterocycles. The molecule has 22 heteroatoms. The Balaban J connectivity index is 0.000000165. The molecule has 0 saturated carbocycles. The first-order valence-corrected chi connectivity index (χ1v) is 20.2. The van der Waals surface area contributed by atoms with Crippen LogP contribution in [0.25, 0.3) is 10.9 Å². The van der Waals surface area contributed by atoms with E-state index in [0.717, 1.165) is 98.3 Å². The summed E-state index contributed by atoms with van der Waals surface area (Å²) in [6.07, 6.45) is 2.50. The van der Waals surface area contributed by atoms with E-state index in [2.05, 4.69) is 56.1 Å². The lowest BCUT2D eigenvalue weighted by Gasteiger charge is -2.36. The van der Waals surface area contributed by atoms with Crippen LogP contribution in [0, 0.1) is 16.2 Å². The Hall–Kier alpha value is -3.67. The second-order valence-electron chi connectivity index (χ2n) is 14.2. The molecule has 16 nitrogen and oxygen atoms in total. The number of carbonyl (C=O) groups is 2. The molecule has 320 valence electrons. The van der Waals surface area contributed by atoms with Crippen molar-refractivity contribution in [3.05, 3.63) is 61.5 Å². The predicted molar refractivity (Wildman–Crippen MR) is 213 cm³/mol. The van der Waals surface area contributed by atoms with Crippen LogP contribution >= 0.6 is 31.9 Å². The number of rotatable bonds is 3. The maximum atomic E-state index is 12.4. The Morgan fingerprint density at radius 3 is 1.93 bits per heavy atom. The van der Waals surface area contributed by atoms with Crippen LogP contribution in [-0.4, -0.2) is 109 Å². The number of amides is 1. The van der Waals surface area contributed by atoms with Crippen LogP contribution in [-0.2, 0) is 55.8 Å². The van der Waals surface area contributed by atoms with Gasteiger partial charge in [0, 0.05) is 57.5 Å². The van der Waals surface area contributed by atoms with Gasteiger partial charge in [0.15, 0.2) is 11.6 Å². The van der Waals surface area contributed by atoms with Crippen molar-refractivity contribution < 1.29 is 59.0 Å². The number of anilines is 1. The Morgan fingerprint density at radius 2 is 1.52 bits per heavy atom. The highest BCUT2D eigenvalue weighted by atomic mass is 79.9. The van der Waals surface area contributed by atoms with Crippen molar-refractivity contribution in [1.29, 1.82) is 0 Å². The highest BCUT2D eigenvalue weighted by Crippen LogP contribution is 2.38. The Kier molecular flexibility index (Phi) is 15.5. The maximum Gasteiger partial charge on any atom is 0.523 e. The van der Waals surface area contributed by atoms with Gasteiger partial charge >= 0.3 is 15.6 Å². The Morgan fingerprint density at radius 1 is 0.914 bits per heavy atom. The summed E-state index contributed by atoms with van der Waals surface area (Å²) < 4.78 is 84.5. The minimum atomic E-state index is -5.34. The average Bonchev–Trinajstić information content (AvgIpc) is 3.86. The first-order valence-electron chi connectivity index (χ1n) is 17.2. The monoisotopic (exact) mass is 969 g/mol. The quantitative estimate of drug-likeness (QED) is 0.162. The lowest BCUT2D eigenvalue weighted by atomic mass is 9.85. The van der Waals surface area contributed by atoms with Crippen LogP contribution in [0.2, 0.25) is 0 Å². The number of hydrogen-bond acceptors (Lipinski definition) is 14. The fourth-order valence-corrected chi connectivity index (χ4v) is 7.29. The molecular weight excluding hydrogens is 927 g/mol. The smallest absolute Gasteiger partial charge is 0.484 e. The fraction of sp³-hybridized carbons (Fsp3) is 0.528. The lowest BCUT2D eigenvalue weighted by molar-refractivity contribution is -0.126. The third kappa shape index (κ3) is 11.1. The molecular formula is C36H44Br2F3N5O11S. The number of halogens is 5. The normalized spacial score (nSPS) is 19.6. The van der Waals surface area contributed by atoms with Crippen molar-refractivity contribution in [1.82, 2.24) is 14.9 Å². The molecule has 0 aliphatic carbocycles. The van der Waals surface area contributed by atoms with E-state index in [1.54, 1.807) is 25.3 Å². The molecule has 2 aromatic carbocycles.